The molecule has 0 unspecified atom stereocenters. The molecule has 17 heavy (non-hydrogen) atoms. The molecule has 6 heteroatoms. The Morgan fingerprint density at radius 1 is 1.41 bits per heavy atom. The Kier molecular flexibility index (Phi) is 3.61. The molecule has 1 saturated carbocycles. The van der Waals surface area contributed by atoms with Gasteiger partial charge >= 0.3 is 5.69 Å². The molecule has 0 aliphatic heterocycles. The molecule has 0 bridgehead atoms. The first kappa shape index (κ1) is 12.3. The van der Waals surface area contributed by atoms with Crippen LogP contribution in [-0.2, 0) is 0 Å². The van der Waals surface area contributed by atoms with Gasteiger partial charge < -0.3 is 4.74 Å². The number of nitro groups is 1. The fourth-order valence-corrected chi connectivity index (χ4v) is 2.27. The Morgan fingerprint density at radius 2 is 2.06 bits per heavy atom. The minimum Gasteiger partial charge on any atom is -0.483 e. The van der Waals surface area contributed by atoms with Gasteiger partial charge in [0.05, 0.1) is 15.5 Å². The van der Waals surface area contributed by atoms with Crippen LogP contribution in [0.3, 0.4) is 0 Å². The normalized spacial score (nSPS) is 16.1. The van der Waals surface area contributed by atoms with Crippen molar-refractivity contribution in [1.82, 2.24) is 0 Å². The SMILES string of the molecule is O=[N+]([O-])c1cc(Br)c(F)cc1OC1CCCC1. The number of halogens is 2. The molecule has 1 aliphatic carbocycles. The predicted molar refractivity (Wildman–Crippen MR) is 63.6 cm³/mol. The van der Waals surface area contributed by atoms with Crippen LogP contribution < -0.4 is 4.74 Å². The summed E-state index contributed by atoms with van der Waals surface area (Å²) < 4.78 is 18.9. The van der Waals surface area contributed by atoms with Gasteiger partial charge in [0.1, 0.15) is 5.82 Å². The highest BCUT2D eigenvalue weighted by molar-refractivity contribution is 9.10. The van der Waals surface area contributed by atoms with E-state index in [2.05, 4.69) is 15.9 Å². The van der Waals surface area contributed by atoms with Gasteiger partial charge in [0.25, 0.3) is 0 Å². The molecule has 0 aromatic heterocycles. The van der Waals surface area contributed by atoms with Crippen molar-refractivity contribution in [3.63, 3.8) is 0 Å². The Hall–Kier alpha value is -1.17. The van der Waals surface area contributed by atoms with E-state index in [9.17, 15) is 14.5 Å². The second kappa shape index (κ2) is 5.00. The first-order valence-electron chi connectivity index (χ1n) is 5.38. The van der Waals surface area contributed by atoms with Crippen LogP contribution in [0, 0.1) is 15.9 Å². The molecule has 92 valence electrons. The minimum atomic E-state index is -0.561. The third-order valence-corrected chi connectivity index (χ3v) is 3.40. The molecule has 1 aromatic rings. The maximum absolute atomic E-state index is 13.3. The second-order valence-corrected chi connectivity index (χ2v) is 4.87. The first-order chi connectivity index (χ1) is 8.08. The van der Waals surface area contributed by atoms with Crippen molar-refractivity contribution in [3.05, 3.63) is 32.5 Å². The molecule has 4 nitrogen and oxygen atoms in total. The van der Waals surface area contributed by atoms with Crippen molar-refractivity contribution >= 4 is 21.6 Å². The van der Waals surface area contributed by atoms with E-state index in [4.69, 9.17) is 4.74 Å². The lowest BCUT2D eigenvalue weighted by Crippen LogP contribution is -2.12. The highest BCUT2D eigenvalue weighted by Gasteiger charge is 2.23. The summed E-state index contributed by atoms with van der Waals surface area (Å²) in [5.74, 6) is -0.536. The van der Waals surface area contributed by atoms with Gasteiger partial charge in [-0.25, -0.2) is 4.39 Å². The molecule has 1 fully saturated rings. The third-order valence-electron chi connectivity index (χ3n) is 2.79. The number of nitro benzene ring substituents is 1. The number of hydrogen-bond donors (Lipinski definition) is 0. The van der Waals surface area contributed by atoms with Gasteiger partial charge in [-0.15, -0.1) is 0 Å². The average molecular weight is 304 g/mol. The van der Waals surface area contributed by atoms with Gasteiger partial charge in [-0.2, -0.15) is 0 Å². The molecule has 1 aromatic carbocycles. The number of ether oxygens (including phenoxy) is 1. The zero-order valence-corrected chi connectivity index (χ0v) is 10.6. The molecule has 0 spiro atoms. The highest BCUT2D eigenvalue weighted by atomic mass is 79.9. The molecule has 1 aliphatic rings. The fraction of sp³-hybridized carbons (Fsp3) is 0.455. The van der Waals surface area contributed by atoms with Crippen LogP contribution in [0.2, 0.25) is 0 Å². The lowest BCUT2D eigenvalue weighted by atomic mass is 10.2. The summed E-state index contributed by atoms with van der Waals surface area (Å²) in [7, 11) is 0. The Labute approximate surface area is 106 Å². The lowest BCUT2D eigenvalue weighted by molar-refractivity contribution is -0.386. The monoisotopic (exact) mass is 303 g/mol. The highest BCUT2D eigenvalue weighted by Crippen LogP contribution is 2.35. The van der Waals surface area contributed by atoms with E-state index in [1.807, 2.05) is 0 Å². The molecule has 0 N–H and O–H groups in total. The third kappa shape index (κ3) is 2.74. The van der Waals surface area contributed by atoms with Crippen LogP contribution in [0.1, 0.15) is 25.7 Å². The maximum atomic E-state index is 13.3. The van der Waals surface area contributed by atoms with Crippen molar-refractivity contribution in [3.8, 4) is 5.75 Å². The molecule has 0 heterocycles. The summed E-state index contributed by atoms with van der Waals surface area (Å²) in [5.41, 5.74) is -0.204. The Bertz CT molecular complexity index is 447. The minimum absolute atomic E-state index is 0.0163. The van der Waals surface area contributed by atoms with Crippen molar-refractivity contribution in [2.75, 3.05) is 0 Å². The van der Waals surface area contributed by atoms with E-state index in [1.54, 1.807) is 0 Å². The van der Waals surface area contributed by atoms with Crippen LogP contribution >= 0.6 is 15.9 Å². The standard InChI is InChI=1S/C11H11BrFNO3/c12-8-5-10(14(15)16)11(6-9(8)13)17-7-3-1-2-4-7/h5-7H,1-4H2. The van der Waals surface area contributed by atoms with Gasteiger partial charge in [0.2, 0.25) is 0 Å². The maximum Gasteiger partial charge on any atom is 0.312 e. The smallest absolute Gasteiger partial charge is 0.312 e. The molecule has 0 radical (unpaired) electrons. The lowest BCUT2D eigenvalue weighted by Gasteiger charge is -2.13. The summed E-state index contributed by atoms with van der Waals surface area (Å²) in [4.78, 5) is 10.3. The number of hydrogen-bond acceptors (Lipinski definition) is 3. The van der Waals surface area contributed by atoms with E-state index in [0.29, 0.717) is 0 Å². The van der Waals surface area contributed by atoms with Crippen LogP contribution in [0.4, 0.5) is 10.1 Å². The second-order valence-electron chi connectivity index (χ2n) is 4.02. The number of benzene rings is 1. The molecular formula is C11H11BrFNO3. The van der Waals surface area contributed by atoms with E-state index >= 15 is 0 Å². The summed E-state index contributed by atoms with van der Waals surface area (Å²) in [5, 5.41) is 10.8. The summed E-state index contributed by atoms with van der Waals surface area (Å²) >= 11 is 2.93. The van der Waals surface area contributed by atoms with Crippen LogP contribution in [-0.4, -0.2) is 11.0 Å². The average Bonchev–Trinajstić information content (AvgIpc) is 2.75. The largest absolute Gasteiger partial charge is 0.483 e. The van der Waals surface area contributed by atoms with E-state index < -0.39 is 10.7 Å². The molecule has 2 rings (SSSR count). The van der Waals surface area contributed by atoms with Gasteiger partial charge in [-0.05, 0) is 41.6 Å². The summed E-state index contributed by atoms with van der Waals surface area (Å²) in [6, 6.07) is 2.21. The van der Waals surface area contributed by atoms with Gasteiger partial charge in [-0.3, -0.25) is 10.1 Å². The van der Waals surface area contributed by atoms with Crippen LogP contribution in [0.5, 0.6) is 5.75 Å². The van der Waals surface area contributed by atoms with E-state index in [-0.39, 0.29) is 22.0 Å². The summed E-state index contributed by atoms with van der Waals surface area (Å²) in [6.45, 7) is 0. The van der Waals surface area contributed by atoms with Gasteiger partial charge in [0.15, 0.2) is 5.75 Å². The van der Waals surface area contributed by atoms with Crippen molar-refractivity contribution in [2.24, 2.45) is 0 Å². The Balaban J connectivity index is 2.29. The van der Waals surface area contributed by atoms with Gasteiger partial charge in [0, 0.05) is 12.1 Å². The molecule has 0 atom stereocenters. The fourth-order valence-electron chi connectivity index (χ4n) is 1.94. The van der Waals surface area contributed by atoms with Crippen LogP contribution in [0.15, 0.2) is 16.6 Å². The Morgan fingerprint density at radius 3 is 2.65 bits per heavy atom. The first-order valence-corrected chi connectivity index (χ1v) is 6.17. The predicted octanol–water partition coefficient (Wildman–Crippen LogP) is 3.82. The zero-order chi connectivity index (χ0) is 12.4. The van der Waals surface area contributed by atoms with Crippen molar-refractivity contribution in [2.45, 2.75) is 31.8 Å². The molecule has 0 saturated heterocycles. The number of nitrogens with zero attached hydrogens (tertiary/aromatic N) is 1. The van der Waals surface area contributed by atoms with Crippen LogP contribution in [0.25, 0.3) is 0 Å². The van der Waals surface area contributed by atoms with Crippen molar-refractivity contribution in [1.29, 1.82) is 0 Å². The van der Waals surface area contributed by atoms with Crippen molar-refractivity contribution < 1.29 is 14.1 Å². The quantitative estimate of drug-likeness (QED) is 0.630. The zero-order valence-electron chi connectivity index (χ0n) is 8.99. The number of rotatable bonds is 3. The topological polar surface area (TPSA) is 52.4 Å². The van der Waals surface area contributed by atoms with Gasteiger partial charge in [-0.1, -0.05) is 0 Å². The molecule has 0 amide bonds. The van der Waals surface area contributed by atoms with E-state index in [0.717, 1.165) is 37.8 Å². The summed E-state index contributed by atoms with van der Waals surface area (Å²) in [6.07, 6.45) is 3.81. The van der Waals surface area contributed by atoms with E-state index in [1.165, 1.54) is 0 Å². The molecular weight excluding hydrogens is 293 g/mol.